The van der Waals surface area contributed by atoms with Gasteiger partial charge in [-0.25, -0.2) is 4.39 Å². The van der Waals surface area contributed by atoms with E-state index in [1.165, 1.54) is 12.1 Å². The summed E-state index contributed by atoms with van der Waals surface area (Å²) >= 11 is 0. The molecule has 0 radical (unpaired) electrons. The van der Waals surface area contributed by atoms with Gasteiger partial charge in [0.1, 0.15) is 0 Å². The van der Waals surface area contributed by atoms with E-state index in [1.807, 2.05) is 6.92 Å². The minimum atomic E-state index is -0.472. The maximum absolute atomic E-state index is 13.8. The number of rotatable bonds is 9. The molecular weight excluding hydrogens is 263 g/mol. The molecule has 0 saturated heterocycles. The van der Waals surface area contributed by atoms with Crippen LogP contribution in [0.1, 0.15) is 12.5 Å². The van der Waals surface area contributed by atoms with Gasteiger partial charge in [-0.3, -0.25) is 4.79 Å². The van der Waals surface area contributed by atoms with Crippen LogP contribution in [0, 0.1) is 5.82 Å². The van der Waals surface area contributed by atoms with E-state index < -0.39 is 5.82 Å². The predicted octanol–water partition coefficient (Wildman–Crippen LogP) is 1.08. The van der Waals surface area contributed by atoms with Crippen LogP contribution in [0.3, 0.4) is 0 Å². The Balaban J connectivity index is 2.44. The number of carbonyl (C=O) groups excluding carboxylic acids is 1. The van der Waals surface area contributed by atoms with Crippen molar-refractivity contribution in [1.29, 1.82) is 0 Å². The lowest BCUT2D eigenvalue weighted by molar-refractivity contribution is -0.123. The first kappa shape index (κ1) is 16.4. The summed E-state index contributed by atoms with van der Waals surface area (Å²) in [6, 6.07) is 4.69. The Hall–Kier alpha value is -1.66. The maximum Gasteiger partial charge on any atom is 0.257 e. The first-order chi connectivity index (χ1) is 9.67. The Morgan fingerprint density at radius 1 is 1.40 bits per heavy atom. The van der Waals surface area contributed by atoms with Crippen LogP contribution in [0.4, 0.5) is 4.39 Å². The van der Waals surface area contributed by atoms with Gasteiger partial charge in [0.2, 0.25) is 0 Å². The molecule has 0 atom stereocenters. The normalized spacial score (nSPS) is 10.3. The second-order valence-electron chi connectivity index (χ2n) is 4.18. The van der Waals surface area contributed by atoms with Crippen molar-refractivity contribution >= 4 is 5.91 Å². The molecular formula is C14H21FN2O3. The van der Waals surface area contributed by atoms with Gasteiger partial charge in [-0.2, -0.15) is 0 Å². The Bertz CT molecular complexity index is 427. The molecule has 0 fully saturated rings. The fraction of sp³-hybridized carbons (Fsp3) is 0.500. The number of nitrogens with one attached hydrogen (secondary N) is 2. The summed E-state index contributed by atoms with van der Waals surface area (Å²) in [5.41, 5.74) is 0.809. The van der Waals surface area contributed by atoms with Gasteiger partial charge >= 0.3 is 0 Å². The number of carbonyl (C=O) groups is 1. The molecule has 0 aromatic heterocycles. The molecule has 0 unspecified atom stereocenters. The summed E-state index contributed by atoms with van der Waals surface area (Å²) in [5, 5.41) is 5.70. The highest BCUT2D eigenvalue weighted by atomic mass is 19.1. The molecule has 20 heavy (non-hydrogen) atoms. The van der Waals surface area contributed by atoms with E-state index in [0.717, 1.165) is 5.56 Å². The van der Waals surface area contributed by atoms with Crippen molar-refractivity contribution in [3.05, 3.63) is 29.6 Å². The van der Waals surface area contributed by atoms with Crippen LogP contribution in [-0.2, 0) is 16.1 Å². The topological polar surface area (TPSA) is 59.6 Å². The monoisotopic (exact) mass is 284 g/mol. The van der Waals surface area contributed by atoms with E-state index in [-0.39, 0.29) is 18.3 Å². The van der Waals surface area contributed by atoms with Crippen molar-refractivity contribution < 1.29 is 18.7 Å². The van der Waals surface area contributed by atoms with E-state index in [2.05, 4.69) is 10.6 Å². The fourth-order valence-corrected chi connectivity index (χ4v) is 1.57. The van der Waals surface area contributed by atoms with E-state index >= 15 is 0 Å². The fourth-order valence-electron chi connectivity index (χ4n) is 1.57. The molecule has 5 nitrogen and oxygen atoms in total. The summed E-state index contributed by atoms with van der Waals surface area (Å²) in [5.74, 6) is -0.658. The SMILES string of the molecule is CCNC(=O)COc1ccc(CNCCOC)cc1F. The highest BCUT2D eigenvalue weighted by Gasteiger charge is 2.07. The molecule has 112 valence electrons. The minimum Gasteiger partial charge on any atom is -0.481 e. The van der Waals surface area contributed by atoms with E-state index in [0.29, 0.717) is 26.2 Å². The highest BCUT2D eigenvalue weighted by molar-refractivity contribution is 5.77. The summed E-state index contributed by atoms with van der Waals surface area (Å²) in [4.78, 5) is 11.2. The molecule has 0 aliphatic rings. The molecule has 6 heteroatoms. The van der Waals surface area contributed by atoms with Crippen LogP contribution >= 0.6 is 0 Å². The number of ether oxygens (including phenoxy) is 2. The standard InChI is InChI=1S/C14H21FN2O3/c1-3-17-14(18)10-20-13-5-4-11(8-12(13)15)9-16-6-7-19-2/h4-5,8,16H,3,6-7,9-10H2,1-2H3,(H,17,18). The van der Waals surface area contributed by atoms with Crippen LogP contribution in [0.2, 0.25) is 0 Å². The van der Waals surface area contributed by atoms with Crippen LogP contribution in [0.15, 0.2) is 18.2 Å². The smallest absolute Gasteiger partial charge is 0.257 e. The summed E-state index contributed by atoms with van der Waals surface area (Å²) in [7, 11) is 1.63. The van der Waals surface area contributed by atoms with E-state index in [4.69, 9.17) is 9.47 Å². The van der Waals surface area contributed by atoms with Crippen LogP contribution < -0.4 is 15.4 Å². The van der Waals surface area contributed by atoms with Gasteiger partial charge < -0.3 is 20.1 Å². The van der Waals surface area contributed by atoms with E-state index in [9.17, 15) is 9.18 Å². The number of halogens is 1. The molecule has 2 N–H and O–H groups in total. The molecule has 0 saturated carbocycles. The van der Waals surface area contributed by atoms with Gasteiger partial charge in [-0.15, -0.1) is 0 Å². The Labute approximate surface area is 118 Å². The number of likely N-dealkylation sites (N-methyl/N-ethyl adjacent to an activating group) is 1. The molecule has 0 bridgehead atoms. The van der Waals surface area contributed by atoms with Crippen LogP contribution in [0.5, 0.6) is 5.75 Å². The number of hydrogen-bond acceptors (Lipinski definition) is 4. The second kappa shape index (κ2) is 9.28. The lowest BCUT2D eigenvalue weighted by Crippen LogP contribution is -2.28. The quantitative estimate of drug-likeness (QED) is 0.666. The zero-order valence-electron chi connectivity index (χ0n) is 11.9. The Morgan fingerprint density at radius 3 is 2.85 bits per heavy atom. The van der Waals surface area contributed by atoms with Gasteiger partial charge in [-0.1, -0.05) is 6.07 Å². The van der Waals surface area contributed by atoms with Gasteiger partial charge in [0, 0.05) is 26.7 Å². The average molecular weight is 284 g/mol. The zero-order chi connectivity index (χ0) is 14.8. The Kier molecular flexibility index (Phi) is 7.60. The third-order valence-electron chi connectivity index (χ3n) is 2.54. The Morgan fingerprint density at radius 2 is 2.20 bits per heavy atom. The lowest BCUT2D eigenvalue weighted by atomic mass is 10.2. The summed E-state index contributed by atoms with van der Waals surface area (Å²) < 4.78 is 23.8. The van der Waals surface area contributed by atoms with Crippen molar-refractivity contribution in [2.24, 2.45) is 0 Å². The molecule has 1 rings (SSSR count). The van der Waals surface area contributed by atoms with Crippen LogP contribution in [-0.4, -0.2) is 39.3 Å². The third-order valence-corrected chi connectivity index (χ3v) is 2.54. The predicted molar refractivity (Wildman–Crippen MR) is 74.2 cm³/mol. The van der Waals surface area contributed by atoms with Crippen molar-refractivity contribution in [3.63, 3.8) is 0 Å². The minimum absolute atomic E-state index is 0.0805. The molecule has 0 spiro atoms. The molecule has 0 heterocycles. The van der Waals surface area contributed by atoms with Crippen molar-refractivity contribution in [2.45, 2.75) is 13.5 Å². The van der Waals surface area contributed by atoms with E-state index in [1.54, 1.807) is 13.2 Å². The average Bonchev–Trinajstić information content (AvgIpc) is 2.43. The largest absolute Gasteiger partial charge is 0.481 e. The summed E-state index contributed by atoms with van der Waals surface area (Å²) in [6.45, 7) is 4.01. The van der Waals surface area contributed by atoms with Gasteiger partial charge in [0.15, 0.2) is 18.2 Å². The van der Waals surface area contributed by atoms with Gasteiger partial charge in [0.05, 0.1) is 6.61 Å². The molecule has 1 aromatic carbocycles. The van der Waals surface area contributed by atoms with Crippen LogP contribution in [0.25, 0.3) is 0 Å². The van der Waals surface area contributed by atoms with Gasteiger partial charge in [0.25, 0.3) is 5.91 Å². The van der Waals surface area contributed by atoms with Crippen molar-refractivity contribution in [3.8, 4) is 5.75 Å². The van der Waals surface area contributed by atoms with Crippen molar-refractivity contribution in [1.82, 2.24) is 10.6 Å². The molecule has 1 aromatic rings. The second-order valence-corrected chi connectivity index (χ2v) is 4.18. The number of methoxy groups -OCH3 is 1. The number of benzene rings is 1. The lowest BCUT2D eigenvalue weighted by Gasteiger charge is -2.09. The molecule has 0 aliphatic carbocycles. The molecule has 0 aliphatic heterocycles. The maximum atomic E-state index is 13.8. The first-order valence-electron chi connectivity index (χ1n) is 6.55. The molecule has 1 amide bonds. The number of hydrogen-bond donors (Lipinski definition) is 2. The summed E-state index contributed by atoms with van der Waals surface area (Å²) in [6.07, 6.45) is 0. The first-order valence-corrected chi connectivity index (χ1v) is 6.55. The third kappa shape index (κ3) is 5.99. The highest BCUT2D eigenvalue weighted by Crippen LogP contribution is 2.18. The zero-order valence-corrected chi connectivity index (χ0v) is 11.9. The van der Waals surface area contributed by atoms with Crippen molar-refractivity contribution in [2.75, 3.05) is 33.4 Å². The number of amides is 1. The van der Waals surface area contributed by atoms with Gasteiger partial charge in [-0.05, 0) is 24.6 Å².